The molecule has 2 aliphatic carbocycles. The van der Waals surface area contributed by atoms with Crippen molar-refractivity contribution in [2.24, 2.45) is 11.8 Å². The second-order valence-corrected chi connectivity index (χ2v) is 5.60. The monoisotopic (exact) mass is 374 g/mol. The molecule has 0 saturated heterocycles. The van der Waals surface area contributed by atoms with Crippen LogP contribution in [0.2, 0.25) is 0 Å². The van der Waals surface area contributed by atoms with Gasteiger partial charge in [-0.05, 0) is 0 Å². The molecule has 0 saturated carbocycles. The van der Waals surface area contributed by atoms with Gasteiger partial charge in [0.2, 0.25) is 0 Å². The minimum Gasteiger partial charge on any atom is -1.00 e. The van der Waals surface area contributed by atoms with E-state index in [0.717, 1.165) is 0 Å². The molecule has 22 heavy (non-hydrogen) atoms. The third kappa shape index (κ3) is 7.13. The van der Waals surface area contributed by atoms with Gasteiger partial charge in [-0.3, -0.25) is 12.2 Å². The van der Waals surface area contributed by atoms with Crippen LogP contribution in [0.3, 0.4) is 0 Å². The molecule has 3 heteroatoms. The van der Waals surface area contributed by atoms with Gasteiger partial charge >= 0.3 is 24.8 Å². The van der Waals surface area contributed by atoms with Crippen molar-refractivity contribution in [1.29, 1.82) is 0 Å². The molecule has 0 aromatic carbocycles. The van der Waals surface area contributed by atoms with Gasteiger partial charge in [0.1, 0.15) is 0 Å². The Hall–Kier alpha value is 0.124. The fourth-order valence-electron chi connectivity index (χ4n) is 2.32. The fourth-order valence-corrected chi connectivity index (χ4v) is 2.32. The van der Waals surface area contributed by atoms with E-state index in [0.29, 0.717) is 11.8 Å². The number of hydrogen-bond acceptors (Lipinski definition) is 0. The van der Waals surface area contributed by atoms with Crippen molar-refractivity contribution in [3.05, 3.63) is 45.6 Å². The summed E-state index contributed by atoms with van der Waals surface area (Å²) in [7, 11) is 0. The SMILES string of the molecule is CC1=[C-]C(C)C(C)=C1C.CC1=[C-]C(C)C(C)=C1C.[CH2]=[Ti+2].[Cl-].[Cl-]. The molecular formula is C19H28Cl2Ti-2. The van der Waals surface area contributed by atoms with Crippen LogP contribution in [0.15, 0.2) is 33.4 Å². The van der Waals surface area contributed by atoms with Crippen LogP contribution in [-0.4, -0.2) is 4.82 Å². The van der Waals surface area contributed by atoms with Crippen LogP contribution in [0.4, 0.5) is 0 Å². The van der Waals surface area contributed by atoms with E-state index in [1.807, 2.05) is 0 Å². The van der Waals surface area contributed by atoms with E-state index in [9.17, 15) is 0 Å². The molecule has 0 radical (unpaired) electrons. The minimum atomic E-state index is 0. The molecule has 0 aromatic rings. The van der Waals surface area contributed by atoms with Crippen LogP contribution in [0.1, 0.15) is 55.4 Å². The first kappa shape index (κ1) is 27.0. The predicted molar refractivity (Wildman–Crippen MR) is 87.1 cm³/mol. The number of allylic oxidation sites excluding steroid dienone is 8. The third-order valence-electron chi connectivity index (χ3n) is 4.47. The molecule has 2 unspecified atom stereocenters. The standard InChI is InChI=1S/2C9H13.CH2.2ClH.Ti/c2*1-6-5-7(2)9(4)8(6)3;;;;/h2*6H,1-4H3;1H2;2*1H;/q2*-1;;;;+2/p-2. The van der Waals surface area contributed by atoms with Crippen LogP contribution in [-0.2, 0) is 20.0 Å². The summed E-state index contributed by atoms with van der Waals surface area (Å²) in [6.45, 7) is 17.3. The van der Waals surface area contributed by atoms with E-state index in [1.165, 1.54) is 33.4 Å². The van der Waals surface area contributed by atoms with Gasteiger partial charge in [-0.15, -0.1) is 13.8 Å². The summed E-state index contributed by atoms with van der Waals surface area (Å²) in [5.74, 6) is 1.12. The number of rotatable bonds is 0. The van der Waals surface area contributed by atoms with Crippen LogP contribution >= 0.6 is 0 Å². The molecule has 2 aliphatic rings. The number of hydrogen-bond donors (Lipinski definition) is 0. The maximum atomic E-state index is 3.36. The Bertz CT molecular complexity index is 438. The average molecular weight is 375 g/mol. The summed E-state index contributed by atoms with van der Waals surface area (Å²) in [6.07, 6.45) is 6.72. The van der Waals surface area contributed by atoms with Crippen molar-refractivity contribution in [3.8, 4) is 0 Å². The van der Waals surface area contributed by atoms with Crippen LogP contribution in [0, 0.1) is 24.0 Å². The molecule has 0 aliphatic heterocycles. The van der Waals surface area contributed by atoms with Gasteiger partial charge in [0.05, 0.1) is 0 Å². The molecular weight excluding hydrogens is 347 g/mol. The Labute approximate surface area is 162 Å². The zero-order valence-electron chi connectivity index (χ0n) is 15.1. The second-order valence-electron chi connectivity index (χ2n) is 5.60. The van der Waals surface area contributed by atoms with E-state index in [-0.39, 0.29) is 24.8 Å². The van der Waals surface area contributed by atoms with Crippen molar-refractivity contribution >= 4 is 4.82 Å². The topological polar surface area (TPSA) is 0 Å². The largest absolute Gasteiger partial charge is 1.00 e. The Morgan fingerprint density at radius 3 is 0.955 bits per heavy atom. The molecule has 2 atom stereocenters. The molecule has 0 aromatic heterocycles. The van der Waals surface area contributed by atoms with E-state index >= 15 is 0 Å². The van der Waals surface area contributed by atoms with Crippen LogP contribution < -0.4 is 24.8 Å². The summed E-state index contributed by atoms with van der Waals surface area (Å²) in [4.78, 5) is 3.25. The zero-order chi connectivity index (χ0) is 16.0. The van der Waals surface area contributed by atoms with Gasteiger partial charge in [-0.25, -0.2) is 11.1 Å². The molecule has 0 N–H and O–H groups in total. The molecule has 0 nitrogen and oxygen atoms in total. The first-order valence-corrected chi connectivity index (χ1v) is 8.27. The van der Waals surface area contributed by atoms with Gasteiger partial charge in [0.15, 0.2) is 0 Å². The summed E-state index contributed by atoms with van der Waals surface area (Å²) >= 11 is 1.75. The normalized spacial score (nSPS) is 22.5. The Morgan fingerprint density at radius 2 is 0.909 bits per heavy atom. The third-order valence-corrected chi connectivity index (χ3v) is 4.47. The Balaban J connectivity index is -0.000000273. The number of halogens is 2. The molecule has 124 valence electrons. The van der Waals surface area contributed by atoms with Crippen LogP contribution in [0.25, 0.3) is 0 Å². The first-order valence-electron chi connectivity index (χ1n) is 7.16. The smallest absolute Gasteiger partial charge is 1.00 e. The second kappa shape index (κ2) is 12.5. The quantitative estimate of drug-likeness (QED) is 0.393. The zero-order valence-corrected chi connectivity index (χ0v) is 18.2. The van der Waals surface area contributed by atoms with E-state index < -0.39 is 0 Å². The Morgan fingerprint density at radius 1 is 0.682 bits per heavy atom. The van der Waals surface area contributed by atoms with Crippen molar-refractivity contribution in [3.63, 3.8) is 0 Å². The summed E-state index contributed by atoms with van der Waals surface area (Å²) in [5.41, 5.74) is 8.49. The first-order chi connectivity index (χ1) is 9.25. The van der Waals surface area contributed by atoms with E-state index in [2.05, 4.69) is 72.4 Å². The summed E-state index contributed by atoms with van der Waals surface area (Å²) in [5, 5.41) is 0. The molecule has 0 spiro atoms. The minimum absolute atomic E-state index is 0. The maximum absolute atomic E-state index is 3.36. The molecule has 0 heterocycles. The van der Waals surface area contributed by atoms with E-state index in [1.54, 1.807) is 20.0 Å². The summed E-state index contributed by atoms with van der Waals surface area (Å²) in [6, 6.07) is 0. The van der Waals surface area contributed by atoms with Gasteiger partial charge in [0, 0.05) is 0 Å². The molecule has 0 bridgehead atoms. The molecule has 0 fully saturated rings. The summed E-state index contributed by atoms with van der Waals surface area (Å²) < 4.78 is 0. The van der Waals surface area contributed by atoms with Crippen molar-refractivity contribution in [2.75, 3.05) is 0 Å². The molecule has 2 rings (SSSR count). The Kier molecular flexibility index (Phi) is 15.4. The van der Waals surface area contributed by atoms with Crippen molar-refractivity contribution < 1.29 is 44.8 Å². The van der Waals surface area contributed by atoms with Gasteiger partial charge < -0.3 is 24.8 Å². The van der Waals surface area contributed by atoms with Gasteiger partial charge in [0.25, 0.3) is 0 Å². The molecule has 0 amide bonds. The van der Waals surface area contributed by atoms with Gasteiger partial charge in [-0.1, -0.05) is 53.4 Å². The van der Waals surface area contributed by atoms with Crippen molar-refractivity contribution in [2.45, 2.75) is 55.4 Å². The average Bonchev–Trinajstić information content (AvgIpc) is 2.78. The van der Waals surface area contributed by atoms with Gasteiger partial charge in [-0.2, -0.15) is 22.3 Å². The van der Waals surface area contributed by atoms with Crippen LogP contribution in [0.5, 0.6) is 0 Å². The fraction of sp³-hybridized carbons (Fsp3) is 0.526. The predicted octanol–water partition coefficient (Wildman–Crippen LogP) is -0.583. The maximum Gasteiger partial charge on any atom is -1.00 e. The van der Waals surface area contributed by atoms with Crippen molar-refractivity contribution in [1.82, 2.24) is 0 Å². The van der Waals surface area contributed by atoms with E-state index in [4.69, 9.17) is 0 Å².